The highest BCUT2D eigenvalue weighted by molar-refractivity contribution is 5.99. The summed E-state index contributed by atoms with van der Waals surface area (Å²) in [7, 11) is 0. The van der Waals surface area contributed by atoms with Gasteiger partial charge in [0.15, 0.2) is 0 Å². The Hall–Kier alpha value is -2.37. The van der Waals surface area contributed by atoms with Gasteiger partial charge in [-0.25, -0.2) is 0 Å². The van der Waals surface area contributed by atoms with E-state index < -0.39 is 6.04 Å². The van der Waals surface area contributed by atoms with Crippen molar-refractivity contribution in [3.8, 4) is 0 Å². The fraction of sp³-hybridized carbons (Fsp3) is 0.526. The standard InChI is InChI=1S/C19H27N3O3/c1-12(2)10-16(19(25)20-11-17(23)21-14-8-9-14)22-18(24)15-7-5-4-6-13(15)3/h4-7,12,14,16H,8-11H2,1-3H3,(H,20,25)(H,21,23)(H,22,24)/t16-/m1/s1. The average molecular weight is 345 g/mol. The number of hydrogen-bond donors (Lipinski definition) is 3. The van der Waals surface area contributed by atoms with Crippen LogP contribution in [-0.2, 0) is 9.59 Å². The van der Waals surface area contributed by atoms with Gasteiger partial charge in [-0.15, -0.1) is 0 Å². The largest absolute Gasteiger partial charge is 0.352 e. The molecule has 1 fully saturated rings. The topological polar surface area (TPSA) is 87.3 Å². The van der Waals surface area contributed by atoms with Crippen molar-refractivity contribution in [3.63, 3.8) is 0 Å². The third-order valence-corrected chi connectivity index (χ3v) is 4.08. The molecule has 6 heteroatoms. The molecule has 6 nitrogen and oxygen atoms in total. The summed E-state index contributed by atoms with van der Waals surface area (Å²) in [6.45, 7) is 5.76. The predicted molar refractivity (Wildman–Crippen MR) is 96.1 cm³/mol. The molecule has 1 atom stereocenters. The molecule has 0 aromatic heterocycles. The van der Waals surface area contributed by atoms with E-state index in [0.29, 0.717) is 12.0 Å². The first-order valence-electron chi connectivity index (χ1n) is 8.80. The molecular weight excluding hydrogens is 318 g/mol. The zero-order valence-electron chi connectivity index (χ0n) is 15.1. The van der Waals surface area contributed by atoms with E-state index in [9.17, 15) is 14.4 Å². The first-order valence-corrected chi connectivity index (χ1v) is 8.80. The molecule has 0 radical (unpaired) electrons. The Morgan fingerprint density at radius 2 is 1.84 bits per heavy atom. The zero-order chi connectivity index (χ0) is 18.4. The molecule has 1 aliphatic rings. The summed E-state index contributed by atoms with van der Waals surface area (Å²) in [5, 5.41) is 8.25. The quantitative estimate of drug-likeness (QED) is 0.668. The zero-order valence-corrected chi connectivity index (χ0v) is 15.1. The Morgan fingerprint density at radius 3 is 2.44 bits per heavy atom. The summed E-state index contributed by atoms with van der Waals surface area (Å²) in [6.07, 6.45) is 2.51. The molecule has 0 aliphatic heterocycles. The number of carbonyl (C=O) groups excluding carboxylic acids is 3. The minimum atomic E-state index is -0.666. The highest BCUT2D eigenvalue weighted by Gasteiger charge is 2.25. The molecule has 0 saturated heterocycles. The molecule has 0 bridgehead atoms. The van der Waals surface area contributed by atoms with Crippen LogP contribution in [0.15, 0.2) is 24.3 Å². The van der Waals surface area contributed by atoms with Gasteiger partial charge < -0.3 is 16.0 Å². The van der Waals surface area contributed by atoms with Gasteiger partial charge in [0.2, 0.25) is 11.8 Å². The molecule has 1 saturated carbocycles. The van der Waals surface area contributed by atoms with Gasteiger partial charge in [-0.3, -0.25) is 14.4 Å². The summed E-state index contributed by atoms with van der Waals surface area (Å²) in [4.78, 5) is 36.6. The number of hydrogen-bond acceptors (Lipinski definition) is 3. The summed E-state index contributed by atoms with van der Waals surface area (Å²) >= 11 is 0. The SMILES string of the molecule is Cc1ccccc1C(=O)N[C@H](CC(C)C)C(=O)NCC(=O)NC1CC1. The van der Waals surface area contributed by atoms with Crippen molar-refractivity contribution in [1.29, 1.82) is 0 Å². The number of nitrogens with one attached hydrogen (secondary N) is 3. The highest BCUT2D eigenvalue weighted by atomic mass is 16.2. The number of benzene rings is 1. The van der Waals surface area contributed by atoms with Crippen LogP contribution >= 0.6 is 0 Å². The predicted octanol–water partition coefficient (Wildman–Crippen LogP) is 1.53. The lowest BCUT2D eigenvalue weighted by Gasteiger charge is -2.20. The van der Waals surface area contributed by atoms with Crippen molar-refractivity contribution in [2.24, 2.45) is 5.92 Å². The third kappa shape index (κ3) is 6.21. The Kier molecular flexibility index (Phi) is 6.56. The van der Waals surface area contributed by atoms with E-state index in [4.69, 9.17) is 0 Å². The van der Waals surface area contributed by atoms with E-state index in [-0.39, 0.29) is 36.2 Å². The summed E-state index contributed by atoms with van der Waals surface area (Å²) < 4.78 is 0. The van der Waals surface area contributed by atoms with E-state index in [2.05, 4.69) is 16.0 Å². The minimum absolute atomic E-state index is 0.0653. The molecule has 0 spiro atoms. The molecular formula is C19H27N3O3. The smallest absolute Gasteiger partial charge is 0.252 e. The van der Waals surface area contributed by atoms with Gasteiger partial charge in [0, 0.05) is 11.6 Å². The lowest BCUT2D eigenvalue weighted by atomic mass is 10.0. The lowest BCUT2D eigenvalue weighted by Crippen LogP contribution is -2.49. The maximum Gasteiger partial charge on any atom is 0.252 e. The van der Waals surface area contributed by atoms with Crippen molar-refractivity contribution < 1.29 is 14.4 Å². The normalized spacial score (nSPS) is 14.7. The van der Waals surface area contributed by atoms with E-state index in [1.54, 1.807) is 12.1 Å². The number of rotatable bonds is 8. The van der Waals surface area contributed by atoms with Gasteiger partial charge in [0.1, 0.15) is 6.04 Å². The van der Waals surface area contributed by atoms with Crippen LogP contribution in [0.1, 0.15) is 49.0 Å². The lowest BCUT2D eigenvalue weighted by molar-refractivity contribution is -0.127. The number of aryl methyl sites for hydroxylation is 1. The second kappa shape index (κ2) is 8.65. The first kappa shape index (κ1) is 19.0. The fourth-order valence-electron chi connectivity index (χ4n) is 2.56. The second-order valence-electron chi connectivity index (χ2n) is 7.03. The summed E-state index contributed by atoms with van der Waals surface area (Å²) in [5.74, 6) is -0.569. The van der Waals surface area contributed by atoms with Crippen molar-refractivity contribution >= 4 is 17.7 Å². The molecule has 0 unspecified atom stereocenters. The van der Waals surface area contributed by atoms with Crippen LogP contribution in [0, 0.1) is 12.8 Å². The average Bonchev–Trinajstić information content (AvgIpc) is 3.35. The number of carbonyl (C=O) groups is 3. The van der Waals surface area contributed by atoms with E-state index >= 15 is 0 Å². The Balaban J connectivity index is 1.94. The molecule has 2 rings (SSSR count). The van der Waals surface area contributed by atoms with Crippen molar-refractivity contribution in [3.05, 3.63) is 35.4 Å². The van der Waals surface area contributed by atoms with Gasteiger partial charge in [0.25, 0.3) is 5.91 Å². The van der Waals surface area contributed by atoms with Gasteiger partial charge in [-0.1, -0.05) is 32.0 Å². The van der Waals surface area contributed by atoms with Crippen LogP contribution in [-0.4, -0.2) is 36.3 Å². The van der Waals surface area contributed by atoms with Gasteiger partial charge >= 0.3 is 0 Å². The molecule has 1 aliphatic carbocycles. The monoisotopic (exact) mass is 345 g/mol. The molecule has 3 N–H and O–H groups in total. The Morgan fingerprint density at radius 1 is 1.16 bits per heavy atom. The fourth-order valence-corrected chi connectivity index (χ4v) is 2.56. The van der Waals surface area contributed by atoms with Crippen LogP contribution in [0.5, 0.6) is 0 Å². The van der Waals surface area contributed by atoms with Crippen LogP contribution in [0.3, 0.4) is 0 Å². The maximum atomic E-state index is 12.5. The Labute approximate surface area is 148 Å². The van der Waals surface area contributed by atoms with Crippen LogP contribution in [0.25, 0.3) is 0 Å². The van der Waals surface area contributed by atoms with Crippen molar-refractivity contribution in [1.82, 2.24) is 16.0 Å². The van der Waals surface area contributed by atoms with Crippen LogP contribution in [0.2, 0.25) is 0 Å². The summed E-state index contributed by atoms with van der Waals surface area (Å²) in [6, 6.07) is 6.84. The molecule has 1 aromatic carbocycles. The molecule has 1 aromatic rings. The second-order valence-corrected chi connectivity index (χ2v) is 7.03. The van der Waals surface area contributed by atoms with Crippen LogP contribution < -0.4 is 16.0 Å². The van der Waals surface area contributed by atoms with E-state index in [1.807, 2.05) is 32.9 Å². The molecule has 136 valence electrons. The van der Waals surface area contributed by atoms with Gasteiger partial charge in [-0.2, -0.15) is 0 Å². The highest BCUT2D eigenvalue weighted by Crippen LogP contribution is 2.18. The molecule has 0 heterocycles. The van der Waals surface area contributed by atoms with E-state index in [1.165, 1.54) is 0 Å². The minimum Gasteiger partial charge on any atom is -0.352 e. The molecule has 3 amide bonds. The van der Waals surface area contributed by atoms with Crippen molar-refractivity contribution in [2.75, 3.05) is 6.54 Å². The molecule has 25 heavy (non-hydrogen) atoms. The van der Waals surface area contributed by atoms with Crippen LogP contribution in [0.4, 0.5) is 0 Å². The number of amides is 3. The Bertz CT molecular complexity index is 639. The van der Waals surface area contributed by atoms with E-state index in [0.717, 1.165) is 18.4 Å². The van der Waals surface area contributed by atoms with Gasteiger partial charge in [-0.05, 0) is 43.7 Å². The maximum absolute atomic E-state index is 12.5. The third-order valence-electron chi connectivity index (χ3n) is 4.08. The summed E-state index contributed by atoms with van der Waals surface area (Å²) in [5.41, 5.74) is 1.41. The van der Waals surface area contributed by atoms with Crippen molar-refractivity contribution in [2.45, 2.75) is 52.1 Å². The van der Waals surface area contributed by atoms with Gasteiger partial charge in [0.05, 0.1) is 6.54 Å². The first-order chi connectivity index (χ1) is 11.9.